The molecule has 0 saturated carbocycles. The molecule has 0 saturated heterocycles. The maximum absolute atomic E-state index is 5.19. The smallest absolute Gasteiger partial charge is 0.0220 e. The van der Waals surface area contributed by atoms with E-state index < -0.39 is 0 Å². The van der Waals surface area contributed by atoms with Crippen molar-refractivity contribution in [3.05, 3.63) is 0 Å². The van der Waals surface area contributed by atoms with Crippen molar-refractivity contribution in [3.8, 4) is 0 Å². The molecule has 0 spiro atoms. The number of rotatable bonds is 1. The topological polar surface area (TPSA) is 0 Å². The van der Waals surface area contributed by atoms with Crippen LogP contribution < -0.4 is 0 Å². The minimum absolute atomic E-state index is 0. The van der Waals surface area contributed by atoms with E-state index in [-0.39, 0.29) is 19.5 Å². The number of hydrogen-bond donors (Lipinski definition) is 0. The first-order valence-corrected chi connectivity index (χ1v) is 2.01. The van der Waals surface area contributed by atoms with Crippen LogP contribution in [-0.4, -0.2) is 5.88 Å². The molecule has 0 fully saturated rings. The maximum Gasteiger partial charge on any atom is 0.0220 e. The molecule has 0 aromatic heterocycles. The standard InChI is InChI=1S/C3H7Cl.Zn/c1-2-3-4;/h2-3H2,1H3;. The molecule has 0 amide bonds. The molecule has 0 nitrogen and oxygen atoms in total. The molecule has 5 heavy (non-hydrogen) atoms. The summed E-state index contributed by atoms with van der Waals surface area (Å²) in [6.07, 6.45) is 1.08. The van der Waals surface area contributed by atoms with Crippen molar-refractivity contribution in [3.63, 3.8) is 0 Å². The van der Waals surface area contributed by atoms with E-state index in [4.69, 9.17) is 11.6 Å². The third-order valence-corrected chi connectivity index (χ3v) is 0.567. The minimum Gasteiger partial charge on any atom is -0.127 e. The fraction of sp³-hybridized carbons (Fsp3) is 1.00. The molecule has 0 aromatic carbocycles. The summed E-state index contributed by atoms with van der Waals surface area (Å²) >= 11 is 5.19. The van der Waals surface area contributed by atoms with Crippen LogP contribution in [0.2, 0.25) is 0 Å². The molecule has 0 bridgehead atoms. The van der Waals surface area contributed by atoms with Gasteiger partial charge in [0.05, 0.1) is 0 Å². The maximum atomic E-state index is 5.19. The molecule has 0 rings (SSSR count). The molecule has 0 unspecified atom stereocenters. The Kier molecular flexibility index (Phi) is 16.5. The summed E-state index contributed by atoms with van der Waals surface area (Å²) in [5, 5.41) is 0. The van der Waals surface area contributed by atoms with Crippen molar-refractivity contribution >= 4 is 11.6 Å². The van der Waals surface area contributed by atoms with Gasteiger partial charge in [0.15, 0.2) is 0 Å². The molecule has 0 N–H and O–H groups in total. The fourth-order valence-corrected chi connectivity index (χ4v) is 0. The Labute approximate surface area is 50.7 Å². The predicted octanol–water partition coefficient (Wildman–Crippen LogP) is 1.63. The van der Waals surface area contributed by atoms with Crippen molar-refractivity contribution in [1.82, 2.24) is 0 Å². The summed E-state index contributed by atoms with van der Waals surface area (Å²) in [5.74, 6) is 0.792. The molecular formula is C3H7ClZn. The minimum atomic E-state index is 0. The van der Waals surface area contributed by atoms with Gasteiger partial charge >= 0.3 is 0 Å². The average Bonchev–Trinajstić information content (AvgIpc) is 1.37. The molecule has 0 atom stereocenters. The average molecular weight is 144 g/mol. The summed E-state index contributed by atoms with van der Waals surface area (Å²) in [5.41, 5.74) is 0. The van der Waals surface area contributed by atoms with Crippen LogP contribution in [0.1, 0.15) is 13.3 Å². The van der Waals surface area contributed by atoms with Gasteiger partial charge in [0, 0.05) is 25.4 Å². The van der Waals surface area contributed by atoms with E-state index >= 15 is 0 Å². The van der Waals surface area contributed by atoms with E-state index in [1.54, 1.807) is 0 Å². The van der Waals surface area contributed by atoms with Crippen LogP contribution in [0.5, 0.6) is 0 Å². The molecule has 0 heterocycles. The van der Waals surface area contributed by atoms with E-state index in [1.807, 2.05) is 6.92 Å². The Balaban J connectivity index is 0. The Morgan fingerprint density at radius 2 is 1.80 bits per heavy atom. The van der Waals surface area contributed by atoms with E-state index in [0.29, 0.717) is 0 Å². The number of halogens is 1. The van der Waals surface area contributed by atoms with E-state index in [2.05, 4.69) is 0 Å². The van der Waals surface area contributed by atoms with Gasteiger partial charge < -0.3 is 0 Å². The van der Waals surface area contributed by atoms with Crippen LogP contribution in [0.4, 0.5) is 0 Å². The normalized spacial score (nSPS) is 6.00. The van der Waals surface area contributed by atoms with Crippen molar-refractivity contribution in [2.75, 3.05) is 5.88 Å². The van der Waals surface area contributed by atoms with Crippen molar-refractivity contribution in [1.29, 1.82) is 0 Å². The van der Waals surface area contributed by atoms with Gasteiger partial charge in [0.2, 0.25) is 0 Å². The largest absolute Gasteiger partial charge is 0.127 e. The van der Waals surface area contributed by atoms with Crippen LogP contribution in [0, 0.1) is 0 Å². The summed E-state index contributed by atoms with van der Waals surface area (Å²) in [6.45, 7) is 2.05. The van der Waals surface area contributed by atoms with Crippen molar-refractivity contribution in [2.24, 2.45) is 0 Å². The second kappa shape index (κ2) is 8.87. The zero-order chi connectivity index (χ0) is 3.41. The van der Waals surface area contributed by atoms with Gasteiger partial charge in [-0.25, -0.2) is 0 Å². The van der Waals surface area contributed by atoms with Gasteiger partial charge in [0.25, 0.3) is 0 Å². The monoisotopic (exact) mass is 142 g/mol. The number of hydrogen-bond acceptors (Lipinski definition) is 0. The molecule has 0 aliphatic rings. The molecule has 28 valence electrons. The quantitative estimate of drug-likeness (QED) is 0.387. The van der Waals surface area contributed by atoms with Crippen molar-refractivity contribution < 1.29 is 19.5 Å². The Bertz CT molecular complexity index is 8.85. The van der Waals surface area contributed by atoms with Gasteiger partial charge in [-0.3, -0.25) is 0 Å². The van der Waals surface area contributed by atoms with E-state index in [1.165, 1.54) is 0 Å². The summed E-state index contributed by atoms with van der Waals surface area (Å²) in [6, 6.07) is 0. The molecule has 2 heteroatoms. The first kappa shape index (κ1) is 9.32. The summed E-state index contributed by atoms with van der Waals surface area (Å²) in [4.78, 5) is 0. The Hall–Kier alpha value is 0.913. The zero-order valence-electron chi connectivity index (χ0n) is 3.50. The van der Waals surface area contributed by atoms with Gasteiger partial charge in [-0.15, -0.1) is 11.6 Å². The molecule has 0 aromatic rings. The van der Waals surface area contributed by atoms with Crippen LogP contribution >= 0.6 is 11.6 Å². The van der Waals surface area contributed by atoms with Crippen LogP contribution in [0.3, 0.4) is 0 Å². The molecule has 0 radical (unpaired) electrons. The Morgan fingerprint density at radius 1 is 1.60 bits per heavy atom. The summed E-state index contributed by atoms with van der Waals surface area (Å²) in [7, 11) is 0. The van der Waals surface area contributed by atoms with Crippen molar-refractivity contribution in [2.45, 2.75) is 13.3 Å². The molecular weight excluding hydrogens is 137 g/mol. The number of alkyl halides is 1. The van der Waals surface area contributed by atoms with Crippen LogP contribution in [0.15, 0.2) is 0 Å². The zero-order valence-corrected chi connectivity index (χ0v) is 7.22. The third-order valence-electron chi connectivity index (χ3n) is 0.189. The first-order valence-electron chi connectivity index (χ1n) is 1.47. The Morgan fingerprint density at radius 3 is 1.80 bits per heavy atom. The van der Waals surface area contributed by atoms with Crippen LogP contribution in [-0.2, 0) is 19.5 Å². The SMILES string of the molecule is CCCCl.[Zn]. The second-order valence-electron chi connectivity index (χ2n) is 0.689. The van der Waals surface area contributed by atoms with Gasteiger partial charge in [0.1, 0.15) is 0 Å². The first-order chi connectivity index (χ1) is 1.91. The predicted molar refractivity (Wildman–Crippen MR) is 21.0 cm³/mol. The summed E-state index contributed by atoms with van der Waals surface area (Å²) < 4.78 is 0. The van der Waals surface area contributed by atoms with Gasteiger partial charge in [-0.1, -0.05) is 6.92 Å². The van der Waals surface area contributed by atoms with E-state index in [9.17, 15) is 0 Å². The molecule has 0 aliphatic carbocycles. The van der Waals surface area contributed by atoms with E-state index in [0.717, 1.165) is 12.3 Å². The second-order valence-corrected chi connectivity index (χ2v) is 1.07. The fourth-order valence-electron chi connectivity index (χ4n) is 0. The molecule has 0 aliphatic heterocycles. The third kappa shape index (κ3) is 11.4. The van der Waals surface area contributed by atoms with Gasteiger partial charge in [-0.2, -0.15) is 0 Å². The van der Waals surface area contributed by atoms with Gasteiger partial charge in [-0.05, 0) is 6.42 Å². The van der Waals surface area contributed by atoms with Crippen LogP contribution in [0.25, 0.3) is 0 Å².